The highest BCUT2D eigenvalue weighted by Gasteiger charge is 2.15. The van der Waals surface area contributed by atoms with E-state index >= 15 is 0 Å². The van der Waals surface area contributed by atoms with Crippen molar-refractivity contribution in [2.24, 2.45) is 0 Å². The zero-order valence-corrected chi connectivity index (χ0v) is 14.2. The molecule has 5 nitrogen and oxygen atoms in total. The molecule has 0 fully saturated rings. The summed E-state index contributed by atoms with van der Waals surface area (Å²) in [6, 6.07) is 8.31. The van der Waals surface area contributed by atoms with Gasteiger partial charge in [-0.3, -0.25) is 0 Å². The number of carbonyl (C=O) groups is 1. The van der Waals surface area contributed by atoms with Gasteiger partial charge in [0.05, 0.1) is 0 Å². The van der Waals surface area contributed by atoms with Gasteiger partial charge in [-0.1, -0.05) is 12.1 Å². The fourth-order valence-electron chi connectivity index (χ4n) is 1.91. The van der Waals surface area contributed by atoms with Crippen molar-refractivity contribution in [2.45, 2.75) is 52.3 Å². The van der Waals surface area contributed by atoms with Crippen molar-refractivity contribution in [1.82, 2.24) is 5.32 Å². The zero-order chi connectivity index (χ0) is 16.6. The Labute approximate surface area is 133 Å². The standard InChI is InChI=1S/C17H28N2O3/c1-13(9-10-21-5)19-15-8-6-7-14(11-15)12-18-16(20)22-17(2,3)4/h6-8,11,13,19H,9-10,12H2,1-5H3,(H,18,20). The average molecular weight is 308 g/mol. The molecule has 1 atom stereocenters. The van der Waals surface area contributed by atoms with Gasteiger partial charge in [-0.25, -0.2) is 4.79 Å². The number of rotatable bonds is 7. The Hall–Kier alpha value is -1.75. The molecule has 1 unspecified atom stereocenters. The van der Waals surface area contributed by atoms with E-state index in [1.807, 2.05) is 45.0 Å². The minimum absolute atomic E-state index is 0.328. The molecule has 0 spiro atoms. The Morgan fingerprint density at radius 2 is 2.05 bits per heavy atom. The number of hydrogen-bond acceptors (Lipinski definition) is 4. The molecule has 0 saturated heterocycles. The molecule has 0 heterocycles. The number of benzene rings is 1. The number of alkyl carbamates (subject to hydrolysis) is 1. The first kappa shape index (κ1) is 18.3. The van der Waals surface area contributed by atoms with E-state index in [9.17, 15) is 4.79 Å². The van der Waals surface area contributed by atoms with Crippen LogP contribution in [0.4, 0.5) is 10.5 Å². The first-order valence-corrected chi connectivity index (χ1v) is 7.61. The highest BCUT2D eigenvalue weighted by atomic mass is 16.6. The molecule has 1 amide bonds. The van der Waals surface area contributed by atoms with Crippen molar-refractivity contribution in [3.8, 4) is 0 Å². The molecule has 124 valence electrons. The Morgan fingerprint density at radius 3 is 2.68 bits per heavy atom. The van der Waals surface area contributed by atoms with Crippen molar-refractivity contribution in [1.29, 1.82) is 0 Å². The van der Waals surface area contributed by atoms with Crippen LogP contribution in [0.25, 0.3) is 0 Å². The normalized spacial score (nSPS) is 12.6. The molecule has 2 N–H and O–H groups in total. The van der Waals surface area contributed by atoms with Crippen molar-refractivity contribution < 1.29 is 14.3 Å². The Morgan fingerprint density at radius 1 is 1.32 bits per heavy atom. The number of anilines is 1. The van der Waals surface area contributed by atoms with Crippen molar-refractivity contribution in [3.05, 3.63) is 29.8 Å². The van der Waals surface area contributed by atoms with Crippen LogP contribution in [0.1, 0.15) is 39.7 Å². The fourth-order valence-corrected chi connectivity index (χ4v) is 1.91. The summed E-state index contributed by atoms with van der Waals surface area (Å²) in [4.78, 5) is 11.7. The van der Waals surface area contributed by atoms with Gasteiger partial charge in [-0.15, -0.1) is 0 Å². The van der Waals surface area contributed by atoms with E-state index in [1.165, 1.54) is 0 Å². The van der Waals surface area contributed by atoms with E-state index < -0.39 is 11.7 Å². The molecule has 1 rings (SSSR count). The molecule has 0 aliphatic carbocycles. The van der Waals surface area contributed by atoms with Crippen LogP contribution in [-0.4, -0.2) is 31.5 Å². The van der Waals surface area contributed by atoms with Crippen LogP contribution in [0.2, 0.25) is 0 Å². The van der Waals surface area contributed by atoms with E-state index in [1.54, 1.807) is 7.11 Å². The molecule has 1 aromatic carbocycles. The van der Waals surface area contributed by atoms with Crippen molar-refractivity contribution in [2.75, 3.05) is 19.0 Å². The Kier molecular flexibility index (Phi) is 7.18. The van der Waals surface area contributed by atoms with Crippen molar-refractivity contribution in [3.63, 3.8) is 0 Å². The minimum atomic E-state index is -0.482. The SMILES string of the molecule is COCCC(C)Nc1cccc(CNC(=O)OC(C)(C)C)c1. The number of methoxy groups -OCH3 is 1. The van der Waals surface area contributed by atoms with Gasteiger partial charge in [-0.05, 0) is 51.8 Å². The van der Waals surface area contributed by atoms with Gasteiger partial charge in [0.25, 0.3) is 0 Å². The van der Waals surface area contributed by atoms with Crippen LogP contribution >= 0.6 is 0 Å². The third-order valence-electron chi connectivity index (χ3n) is 2.93. The van der Waals surface area contributed by atoms with Gasteiger partial charge in [0.15, 0.2) is 0 Å². The third kappa shape index (κ3) is 7.88. The summed E-state index contributed by atoms with van der Waals surface area (Å²) < 4.78 is 10.3. The van der Waals surface area contributed by atoms with Gasteiger partial charge in [0.1, 0.15) is 5.60 Å². The predicted molar refractivity (Wildman–Crippen MR) is 89.1 cm³/mol. The van der Waals surface area contributed by atoms with Gasteiger partial charge in [-0.2, -0.15) is 0 Å². The van der Waals surface area contributed by atoms with Crippen LogP contribution in [-0.2, 0) is 16.0 Å². The molecule has 0 bridgehead atoms. The highest BCUT2D eigenvalue weighted by Crippen LogP contribution is 2.13. The quantitative estimate of drug-likeness (QED) is 0.809. The molecular formula is C17H28N2O3. The first-order valence-electron chi connectivity index (χ1n) is 7.61. The van der Waals surface area contributed by atoms with Crippen LogP contribution in [0.15, 0.2) is 24.3 Å². The summed E-state index contributed by atoms with van der Waals surface area (Å²) in [6.45, 7) is 8.82. The maximum atomic E-state index is 11.7. The molecular weight excluding hydrogens is 280 g/mol. The van der Waals surface area contributed by atoms with E-state index in [0.29, 0.717) is 12.6 Å². The summed E-state index contributed by atoms with van der Waals surface area (Å²) in [5.41, 5.74) is 1.58. The lowest BCUT2D eigenvalue weighted by Gasteiger charge is -2.20. The largest absolute Gasteiger partial charge is 0.444 e. The summed E-state index contributed by atoms with van der Waals surface area (Å²) in [5, 5.41) is 6.18. The second-order valence-electron chi connectivity index (χ2n) is 6.38. The molecule has 0 aliphatic rings. The van der Waals surface area contributed by atoms with E-state index in [2.05, 4.69) is 17.6 Å². The lowest BCUT2D eigenvalue weighted by Crippen LogP contribution is -2.32. The second kappa shape index (κ2) is 8.63. The summed E-state index contributed by atoms with van der Waals surface area (Å²) in [6.07, 6.45) is 0.538. The Balaban J connectivity index is 2.48. The highest BCUT2D eigenvalue weighted by molar-refractivity contribution is 5.67. The molecule has 22 heavy (non-hydrogen) atoms. The lowest BCUT2D eigenvalue weighted by molar-refractivity contribution is 0.0523. The van der Waals surface area contributed by atoms with E-state index in [0.717, 1.165) is 24.3 Å². The fraction of sp³-hybridized carbons (Fsp3) is 0.588. The van der Waals surface area contributed by atoms with E-state index in [4.69, 9.17) is 9.47 Å². The van der Waals surface area contributed by atoms with Crippen LogP contribution in [0.5, 0.6) is 0 Å². The topological polar surface area (TPSA) is 59.6 Å². The molecule has 1 aromatic rings. The summed E-state index contributed by atoms with van der Waals surface area (Å²) in [7, 11) is 1.70. The van der Waals surface area contributed by atoms with Crippen LogP contribution in [0, 0.1) is 0 Å². The Bertz CT molecular complexity index is 469. The van der Waals surface area contributed by atoms with Crippen molar-refractivity contribution >= 4 is 11.8 Å². The monoisotopic (exact) mass is 308 g/mol. The predicted octanol–water partition coefficient (Wildman–Crippen LogP) is 3.55. The maximum Gasteiger partial charge on any atom is 0.407 e. The number of nitrogens with one attached hydrogen (secondary N) is 2. The smallest absolute Gasteiger partial charge is 0.407 e. The summed E-state index contributed by atoms with van der Waals surface area (Å²) >= 11 is 0. The maximum absolute atomic E-state index is 11.7. The number of hydrogen-bond donors (Lipinski definition) is 2. The summed E-state index contributed by atoms with van der Waals surface area (Å²) in [5.74, 6) is 0. The molecule has 0 aromatic heterocycles. The van der Waals surface area contributed by atoms with Gasteiger partial charge in [0.2, 0.25) is 0 Å². The van der Waals surface area contributed by atoms with Crippen LogP contribution < -0.4 is 10.6 Å². The molecule has 0 aliphatic heterocycles. The molecule has 0 saturated carbocycles. The minimum Gasteiger partial charge on any atom is -0.444 e. The number of amides is 1. The average Bonchev–Trinajstić information content (AvgIpc) is 2.41. The first-order chi connectivity index (χ1) is 10.3. The van der Waals surface area contributed by atoms with Crippen LogP contribution in [0.3, 0.4) is 0 Å². The number of ether oxygens (including phenoxy) is 2. The number of carbonyl (C=O) groups excluding carboxylic acids is 1. The third-order valence-corrected chi connectivity index (χ3v) is 2.93. The van der Waals surface area contributed by atoms with Gasteiger partial charge >= 0.3 is 6.09 Å². The van der Waals surface area contributed by atoms with Gasteiger partial charge < -0.3 is 20.1 Å². The zero-order valence-electron chi connectivity index (χ0n) is 14.2. The lowest BCUT2D eigenvalue weighted by atomic mass is 10.1. The van der Waals surface area contributed by atoms with Gasteiger partial charge in [0, 0.05) is 32.0 Å². The second-order valence-corrected chi connectivity index (χ2v) is 6.38. The van der Waals surface area contributed by atoms with E-state index in [-0.39, 0.29) is 0 Å². The molecule has 5 heteroatoms. The molecule has 0 radical (unpaired) electrons.